The molecule has 0 spiro atoms. The van der Waals surface area contributed by atoms with Gasteiger partial charge in [-0.3, -0.25) is 4.79 Å². The van der Waals surface area contributed by atoms with Crippen LogP contribution >= 0.6 is 0 Å². The minimum atomic E-state index is 0.0503. The third kappa shape index (κ3) is 2.42. The van der Waals surface area contributed by atoms with Crippen molar-refractivity contribution < 1.29 is 9.53 Å². The highest BCUT2D eigenvalue weighted by molar-refractivity contribution is 6.07. The fourth-order valence-electron chi connectivity index (χ4n) is 3.63. The molecule has 1 amide bonds. The lowest BCUT2D eigenvalue weighted by Gasteiger charge is -2.35. The molecule has 24 heavy (non-hydrogen) atoms. The van der Waals surface area contributed by atoms with E-state index in [4.69, 9.17) is 4.74 Å². The number of carbonyl (C=O) groups is 1. The van der Waals surface area contributed by atoms with Crippen LogP contribution in [0.3, 0.4) is 0 Å². The molecule has 2 aliphatic rings. The summed E-state index contributed by atoms with van der Waals surface area (Å²) < 4.78 is 5.76. The van der Waals surface area contributed by atoms with Crippen LogP contribution in [0.25, 0.3) is 0 Å². The Morgan fingerprint density at radius 1 is 1.17 bits per heavy atom. The van der Waals surface area contributed by atoms with Crippen molar-refractivity contribution in [2.75, 3.05) is 30.0 Å². The second kappa shape index (κ2) is 5.86. The van der Waals surface area contributed by atoms with E-state index in [9.17, 15) is 4.79 Å². The molecule has 0 bridgehead atoms. The zero-order valence-corrected chi connectivity index (χ0v) is 14.2. The highest BCUT2D eigenvalue weighted by atomic mass is 16.5. The molecular formula is C20H22N2O2. The first-order valence-corrected chi connectivity index (χ1v) is 8.54. The van der Waals surface area contributed by atoms with E-state index in [-0.39, 0.29) is 11.9 Å². The zero-order chi connectivity index (χ0) is 16.7. The highest BCUT2D eigenvalue weighted by Crippen LogP contribution is 2.35. The molecule has 0 aliphatic carbocycles. The molecule has 0 fully saturated rings. The lowest BCUT2D eigenvalue weighted by Crippen LogP contribution is -2.42. The summed E-state index contributed by atoms with van der Waals surface area (Å²) in [5, 5.41) is 0. The number of rotatable bonds is 1. The van der Waals surface area contributed by atoms with Gasteiger partial charge >= 0.3 is 0 Å². The van der Waals surface area contributed by atoms with Gasteiger partial charge in [0.15, 0.2) is 0 Å². The van der Waals surface area contributed by atoms with E-state index in [0.717, 1.165) is 36.5 Å². The third-order valence-electron chi connectivity index (χ3n) is 5.04. The van der Waals surface area contributed by atoms with E-state index in [1.165, 1.54) is 5.56 Å². The number of hydrogen-bond donors (Lipinski definition) is 0. The largest absolute Gasteiger partial charge is 0.490 e. The van der Waals surface area contributed by atoms with Crippen LogP contribution in [0.1, 0.15) is 29.3 Å². The Bertz CT molecular complexity index is 787. The topological polar surface area (TPSA) is 32.8 Å². The number of benzene rings is 2. The molecule has 4 heteroatoms. The molecule has 0 saturated heterocycles. The molecule has 2 aromatic carbocycles. The predicted molar refractivity (Wildman–Crippen MR) is 96.2 cm³/mol. The van der Waals surface area contributed by atoms with E-state index in [2.05, 4.69) is 17.9 Å². The fourth-order valence-corrected chi connectivity index (χ4v) is 3.63. The van der Waals surface area contributed by atoms with Crippen LogP contribution in [0.2, 0.25) is 0 Å². The molecule has 2 aromatic rings. The smallest absolute Gasteiger partial charge is 0.258 e. The number of carbonyl (C=O) groups excluding carboxylic acids is 1. The zero-order valence-electron chi connectivity index (χ0n) is 14.2. The number of amides is 1. The summed E-state index contributed by atoms with van der Waals surface area (Å²) in [5.41, 5.74) is 4.02. The lowest BCUT2D eigenvalue weighted by atomic mass is 9.95. The van der Waals surface area contributed by atoms with Gasteiger partial charge in [0.25, 0.3) is 5.91 Å². The summed E-state index contributed by atoms with van der Waals surface area (Å²) in [4.78, 5) is 17.3. The molecular weight excluding hydrogens is 300 g/mol. The van der Waals surface area contributed by atoms with Crippen molar-refractivity contribution in [2.24, 2.45) is 0 Å². The molecule has 4 rings (SSSR count). The van der Waals surface area contributed by atoms with E-state index in [1.807, 2.05) is 48.3 Å². The first kappa shape index (κ1) is 15.1. The molecule has 4 nitrogen and oxygen atoms in total. The van der Waals surface area contributed by atoms with E-state index in [0.29, 0.717) is 12.2 Å². The van der Waals surface area contributed by atoms with Gasteiger partial charge in [-0.2, -0.15) is 0 Å². The van der Waals surface area contributed by atoms with Crippen molar-refractivity contribution >= 4 is 17.3 Å². The number of aryl methyl sites for hydroxylation is 1. The molecule has 0 radical (unpaired) electrons. The van der Waals surface area contributed by atoms with Crippen molar-refractivity contribution in [1.29, 1.82) is 0 Å². The first-order valence-electron chi connectivity index (χ1n) is 8.54. The van der Waals surface area contributed by atoms with Crippen molar-refractivity contribution in [1.82, 2.24) is 0 Å². The van der Waals surface area contributed by atoms with Crippen molar-refractivity contribution in [3.63, 3.8) is 0 Å². The van der Waals surface area contributed by atoms with Gasteiger partial charge in [0, 0.05) is 24.3 Å². The van der Waals surface area contributed by atoms with Crippen LogP contribution in [0.4, 0.5) is 11.4 Å². The monoisotopic (exact) mass is 322 g/mol. The molecule has 0 aromatic heterocycles. The maximum Gasteiger partial charge on any atom is 0.258 e. The molecule has 0 N–H and O–H groups in total. The van der Waals surface area contributed by atoms with E-state index < -0.39 is 0 Å². The molecule has 124 valence electrons. The third-order valence-corrected chi connectivity index (χ3v) is 5.04. The summed E-state index contributed by atoms with van der Waals surface area (Å²) in [6.45, 7) is 3.65. The molecule has 1 atom stereocenters. The minimum Gasteiger partial charge on any atom is -0.490 e. The normalized spacial score (nSPS) is 19.3. The number of hydrogen-bond acceptors (Lipinski definition) is 3. The molecule has 0 saturated carbocycles. The second-order valence-corrected chi connectivity index (χ2v) is 6.64. The maximum atomic E-state index is 13.2. The number of likely N-dealkylation sites (N-methyl/N-ethyl adjacent to an activating group) is 1. The number of ether oxygens (including phenoxy) is 1. The van der Waals surface area contributed by atoms with Crippen LogP contribution in [0.15, 0.2) is 42.5 Å². The van der Waals surface area contributed by atoms with Gasteiger partial charge in [0.2, 0.25) is 0 Å². The second-order valence-electron chi connectivity index (χ2n) is 6.64. The van der Waals surface area contributed by atoms with E-state index >= 15 is 0 Å². The summed E-state index contributed by atoms with van der Waals surface area (Å²) in [7, 11) is 2.05. The molecule has 0 unspecified atom stereocenters. The highest BCUT2D eigenvalue weighted by Gasteiger charge is 2.29. The van der Waals surface area contributed by atoms with E-state index in [1.54, 1.807) is 0 Å². The molecule has 2 heterocycles. The van der Waals surface area contributed by atoms with Crippen molar-refractivity contribution in [3.05, 3.63) is 53.6 Å². The maximum absolute atomic E-state index is 13.2. The average Bonchev–Trinajstić information content (AvgIpc) is 2.61. The summed E-state index contributed by atoms with van der Waals surface area (Å²) in [6.07, 6.45) is 2.02. The number of anilines is 2. The lowest BCUT2D eigenvalue weighted by molar-refractivity contribution is 0.0974. The van der Waals surface area contributed by atoms with Gasteiger partial charge in [-0.15, -0.1) is 0 Å². The van der Waals surface area contributed by atoms with Crippen LogP contribution < -0.4 is 14.5 Å². The van der Waals surface area contributed by atoms with Crippen LogP contribution in [-0.4, -0.2) is 32.1 Å². The van der Waals surface area contributed by atoms with Gasteiger partial charge in [-0.25, -0.2) is 0 Å². The van der Waals surface area contributed by atoms with Crippen LogP contribution in [0.5, 0.6) is 5.75 Å². The van der Waals surface area contributed by atoms with Crippen LogP contribution in [0, 0.1) is 0 Å². The predicted octanol–water partition coefficient (Wildman–Crippen LogP) is 3.50. The van der Waals surface area contributed by atoms with Gasteiger partial charge in [0.1, 0.15) is 12.4 Å². The first-order chi connectivity index (χ1) is 11.6. The van der Waals surface area contributed by atoms with Crippen molar-refractivity contribution in [2.45, 2.75) is 25.8 Å². The minimum absolute atomic E-state index is 0.0503. The van der Waals surface area contributed by atoms with Gasteiger partial charge in [0.05, 0.1) is 12.2 Å². The van der Waals surface area contributed by atoms with Gasteiger partial charge in [-0.05, 0) is 49.6 Å². The Morgan fingerprint density at radius 2 is 2.00 bits per heavy atom. The SMILES string of the molecule is C[C@H]1CCc2ccccc2N1C(=O)c1ccc2c(c1)OCCN2C. The molecule has 2 aliphatic heterocycles. The number of nitrogens with zero attached hydrogens (tertiary/aromatic N) is 2. The van der Waals surface area contributed by atoms with Gasteiger partial charge in [-0.1, -0.05) is 18.2 Å². The van der Waals surface area contributed by atoms with Crippen LogP contribution in [-0.2, 0) is 6.42 Å². The Labute approximate surface area is 142 Å². The number of para-hydroxylation sites is 1. The standard InChI is InChI=1S/C20H22N2O2/c1-14-7-8-15-5-3-4-6-17(15)22(14)20(23)16-9-10-18-19(13-16)24-12-11-21(18)2/h3-6,9-10,13-14H,7-8,11-12H2,1-2H3/t14-/m0/s1. The number of fused-ring (bicyclic) bond motifs is 2. The summed E-state index contributed by atoms with van der Waals surface area (Å²) >= 11 is 0. The Balaban J connectivity index is 1.71. The Kier molecular flexibility index (Phi) is 3.68. The summed E-state index contributed by atoms with van der Waals surface area (Å²) in [6, 6.07) is 14.2. The van der Waals surface area contributed by atoms with Gasteiger partial charge < -0.3 is 14.5 Å². The average molecular weight is 322 g/mol. The quantitative estimate of drug-likeness (QED) is 0.805. The Morgan fingerprint density at radius 3 is 2.88 bits per heavy atom. The Hall–Kier alpha value is -2.49. The summed E-state index contributed by atoms with van der Waals surface area (Å²) in [5.74, 6) is 0.849. The fraction of sp³-hybridized carbons (Fsp3) is 0.350. The van der Waals surface area contributed by atoms with Crippen molar-refractivity contribution in [3.8, 4) is 5.75 Å².